The van der Waals surface area contributed by atoms with E-state index < -0.39 is 0 Å². The molecular formula is C43H26N2O2S. The van der Waals surface area contributed by atoms with Gasteiger partial charge in [-0.15, -0.1) is 11.3 Å². The molecule has 0 saturated carbocycles. The topological polar surface area (TPSA) is 42.4 Å². The number of benzene rings is 7. The fourth-order valence-electron chi connectivity index (χ4n) is 6.86. The van der Waals surface area contributed by atoms with Crippen LogP contribution in [-0.2, 0) is 0 Å². The van der Waals surface area contributed by atoms with E-state index in [1.807, 2.05) is 59.9 Å². The van der Waals surface area contributed by atoms with Gasteiger partial charge in [0.25, 0.3) is 0 Å². The Morgan fingerprint density at radius 1 is 0.479 bits per heavy atom. The van der Waals surface area contributed by atoms with Gasteiger partial charge < -0.3 is 13.7 Å². The van der Waals surface area contributed by atoms with E-state index in [4.69, 9.17) is 13.8 Å². The summed E-state index contributed by atoms with van der Waals surface area (Å²) in [5.74, 6) is 0.596. The maximum Gasteiger partial charge on any atom is 0.227 e. The maximum absolute atomic E-state index is 6.55. The van der Waals surface area contributed by atoms with Gasteiger partial charge in [-0.1, -0.05) is 84.9 Å². The Morgan fingerprint density at radius 2 is 1.15 bits per heavy atom. The van der Waals surface area contributed by atoms with Crippen molar-refractivity contribution < 1.29 is 8.83 Å². The van der Waals surface area contributed by atoms with Crippen molar-refractivity contribution in [3.8, 4) is 22.6 Å². The molecular weight excluding hydrogens is 609 g/mol. The van der Waals surface area contributed by atoms with Gasteiger partial charge in [0.15, 0.2) is 5.58 Å². The van der Waals surface area contributed by atoms with Crippen LogP contribution < -0.4 is 4.90 Å². The summed E-state index contributed by atoms with van der Waals surface area (Å²) in [5.41, 5.74) is 9.39. The summed E-state index contributed by atoms with van der Waals surface area (Å²) < 4.78 is 15.6. The predicted molar refractivity (Wildman–Crippen MR) is 200 cm³/mol. The molecule has 7 aromatic carbocycles. The number of aromatic nitrogens is 1. The Hall–Kier alpha value is -6.17. The summed E-state index contributed by atoms with van der Waals surface area (Å²) in [7, 11) is 0. The molecule has 0 aliphatic carbocycles. The van der Waals surface area contributed by atoms with Crippen molar-refractivity contribution in [1.82, 2.24) is 4.98 Å². The van der Waals surface area contributed by atoms with Crippen LogP contribution >= 0.6 is 11.3 Å². The molecule has 10 aromatic rings. The third kappa shape index (κ3) is 4.25. The SMILES string of the molecule is c1ccc(-c2nc3c(cc(-c4ccc(N(c5ccccc5)c5ccc6sc7ccccc7c6c5)cc4)c4oc5ccccc5c43)o2)cc1. The number of hydrogen-bond donors (Lipinski definition) is 0. The van der Waals surface area contributed by atoms with Crippen LogP contribution in [0.15, 0.2) is 167 Å². The molecule has 4 nitrogen and oxygen atoms in total. The van der Waals surface area contributed by atoms with E-state index in [1.165, 1.54) is 20.2 Å². The molecule has 0 unspecified atom stereocenters. The van der Waals surface area contributed by atoms with Gasteiger partial charge in [-0.05, 0) is 78.4 Å². The number of para-hydroxylation sites is 2. The Labute approximate surface area is 279 Å². The maximum atomic E-state index is 6.55. The van der Waals surface area contributed by atoms with Crippen molar-refractivity contribution in [3.05, 3.63) is 158 Å². The molecule has 0 aliphatic rings. The van der Waals surface area contributed by atoms with Crippen molar-refractivity contribution in [1.29, 1.82) is 0 Å². The van der Waals surface area contributed by atoms with Crippen LogP contribution in [0.5, 0.6) is 0 Å². The molecule has 0 aliphatic heterocycles. The number of thiophene rings is 1. The van der Waals surface area contributed by atoms with E-state index in [9.17, 15) is 0 Å². The highest BCUT2D eigenvalue weighted by molar-refractivity contribution is 7.25. The fraction of sp³-hybridized carbons (Fsp3) is 0. The molecule has 226 valence electrons. The number of rotatable bonds is 5. The first-order valence-corrected chi connectivity index (χ1v) is 16.8. The molecule has 3 heterocycles. The zero-order chi connectivity index (χ0) is 31.6. The molecule has 0 spiro atoms. The third-order valence-electron chi connectivity index (χ3n) is 9.10. The summed E-state index contributed by atoms with van der Waals surface area (Å²) in [6.45, 7) is 0. The molecule has 0 fully saturated rings. The van der Waals surface area contributed by atoms with Gasteiger partial charge in [-0.25, -0.2) is 4.98 Å². The average Bonchev–Trinajstić information content (AvgIpc) is 3.86. The van der Waals surface area contributed by atoms with Crippen LogP contribution in [-0.4, -0.2) is 4.98 Å². The van der Waals surface area contributed by atoms with Crippen LogP contribution in [0.4, 0.5) is 17.1 Å². The van der Waals surface area contributed by atoms with Crippen LogP contribution in [0, 0.1) is 0 Å². The Balaban J connectivity index is 1.14. The predicted octanol–water partition coefficient (Wildman–Crippen LogP) is 12.9. The number of anilines is 3. The third-order valence-corrected chi connectivity index (χ3v) is 10.2. The quantitative estimate of drug-likeness (QED) is 0.189. The lowest BCUT2D eigenvalue weighted by molar-refractivity contribution is 0.619. The highest BCUT2D eigenvalue weighted by Crippen LogP contribution is 2.44. The number of fused-ring (bicyclic) bond motifs is 8. The Morgan fingerprint density at radius 3 is 1.98 bits per heavy atom. The van der Waals surface area contributed by atoms with Gasteiger partial charge in [0.1, 0.15) is 16.7 Å². The van der Waals surface area contributed by atoms with E-state index in [2.05, 4.69) is 114 Å². The Kier molecular flexibility index (Phi) is 6.01. The number of nitrogens with zero attached hydrogens (tertiary/aromatic N) is 2. The largest absolute Gasteiger partial charge is 0.455 e. The monoisotopic (exact) mass is 634 g/mol. The molecule has 0 atom stereocenters. The van der Waals surface area contributed by atoms with Gasteiger partial charge in [-0.3, -0.25) is 0 Å². The summed E-state index contributed by atoms with van der Waals surface area (Å²) in [4.78, 5) is 7.29. The standard InChI is InChI=1S/C43H26N2O2S/c1-3-11-28(12-4-1)43-44-41-37(47-43)26-34(42-40(41)33-16-7-9-17-36(33)46-42)27-19-21-30(22-20-27)45(29-13-5-2-6-14-29)31-23-24-39-35(25-31)32-15-8-10-18-38(32)48-39/h1-26H. The van der Waals surface area contributed by atoms with Crippen LogP contribution in [0.1, 0.15) is 0 Å². The first-order valence-electron chi connectivity index (χ1n) is 16.0. The summed E-state index contributed by atoms with van der Waals surface area (Å²) in [6, 6.07) is 54.9. The van der Waals surface area contributed by atoms with E-state index in [0.717, 1.165) is 66.8 Å². The van der Waals surface area contributed by atoms with Gasteiger partial charge in [0, 0.05) is 53.7 Å². The van der Waals surface area contributed by atoms with Crippen molar-refractivity contribution >= 4 is 81.6 Å². The number of oxazole rings is 1. The normalized spacial score (nSPS) is 11.8. The number of furan rings is 1. The van der Waals surface area contributed by atoms with Crippen LogP contribution in [0.3, 0.4) is 0 Å². The second-order valence-corrected chi connectivity index (χ2v) is 13.0. The second-order valence-electron chi connectivity index (χ2n) is 12.0. The number of hydrogen-bond acceptors (Lipinski definition) is 5. The molecule has 0 radical (unpaired) electrons. The zero-order valence-corrected chi connectivity index (χ0v) is 26.4. The average molecular weight is 635 g/mol. The van der Waals surface area contributed by atoms with Gasteiger partial charge >= 0.3 is 0 Å². The van der Waals surface area contributed by atoms with Gasteiger partial charge in [0.05, 0.1) is 5.39 Å². The van der Waals surface area contributed by atoms with E-state index in [1.54, 1.807) is 0 Å². The van der Waals surface area contributed by atoms with E-state index in [-0.39, 0.29) is 0 Å². The summed E-state index contributed by atoms with van der Waals surface area (Å²) in [6.07, 6.45) is 0. The molecule has 10 rings (SSSR count). The van der Waals surface area contributed by atoms with Gasteiger partial charge in [-0.2, -0.15) is 0 Å². The van der Waals surface area contributed by atoms with Crippen molar-refractivity contribution in [2.24, 2.45) is 0 Å². The Bertz CT molecular complexity index is 2780. The highest BCUT2D eigenvalue weighted by atomic mass is 32.1. The minimum Gasteiger partial charge on any atom is -0.455 e. The van der Waals surface area contributed by atoms with Crippen molar-refractivity contribution in [2.45, 2.75) is 0 Å². The van der Waals surface area contributed by atoms with E-state index in [0.29, 0.717) is 5.89 Å². The van der Waals surface area contributed by atoms with E-state index >= 15 is 0 Å². The second kappa shape index (κ2) is 10.7. The van der Waals surface area contributed by atoms with Crippen LogP contribution in [0.2, 0.25) is 0 Å². The lowest BCUT2D eigenvalue weighted by Crippen LogP contribution is -2.09. The van der Waals surface area contributed by atoms with Crippen molar-refractivity contribution in [2.75, 3.05) is 4.90 Å². The smallest absolute Gasteiger partial charge is 0.227 e. The first-order chi connectivity index (χ1) is 23.8. The van der Waals surface area contributed by atoms with Crippen molar-refractivity contribution in [3.63, 3.8) is 0 Å². The minimum absolute atomic E-state index is 0.596. The lowest BCUT2D eigenvalue weighted by Gasteiger charge is -2.25. The molecule has 0 N–H and O–H groups in total. The minimum atomic E-state index is 0.596. The zero-order valence-electron chi connectivity index (χ0n) is 25.6. The summed E-state index contributed by atoms with van der Waals surface area (Å²) >= 11 is 1.84. The lowest BCUT2D eigenvalue weighted by atomic mass is 10.0. The molecule has 0 saturated heterocycles. The molecule has 0 amide bonds. The molecule has 0 bridgehead atoms. The fourth-order valence-corrected chi connectivity index (χ4v) is 7.95. The van der Waals surface area contributed by atoms with Gasteiger partial charge in [0.2, 0.25) is 5.89 Å². The summed E-state index contributed by atoms with van der Waals surface area (Å²) in [5, 5.41) is 4.55. The molecule has 5 heteroatoms. The highest BCUT2D eigenvalue weighted by Gasteiger charge is 2.21. The first kappa shape index (κ1) is 27.0. The van der Waals surface area contributed by atoms with Crippen LogP contribution in [0.25, 0.3) is 75.8 Å². The molecule has 48 heavy (non-hydrogen) atoms. The molecule has 3 aromatic heterocycles.